The lowest BCUT2D eigenvalue weighted by Crippen LogP contribution is -2.25. The maximum Gasteiger partial charge on any atom is 0.202 e. The highest BCUT2D eigenvalue weighted by molar-refractivity contribution is 5.53. The molecule has 0 aliphatic heterocycles. The molecule has 1 rings (SSSR count). The summed E-state index contributed by atoms with van der Waals surface area (Å²) >= 11 is 0. The van der Waals surface area contributed by atoms with Crippen molar-refractivity contribution in [3.05, 3.63) is 23.8 Å². The van der Waals surface area contributed by atoms with Gasteiger partial charge in [-0.15, -0.1) is 0 Å². The zero-order chi connectivity index (χ0) is 13.1. The molecule has 0 spiro atoms. The summed E-state index contributed by atoms with van der Waals surface area (Å²) in [4.78, 5) is 0. The Balaban J connectivity index is 2.67. The molecule has 0 fully saturated rings. The lowest BCUT2D eigenvalue weighted by atomic mass is 10.1. The van der Waals surface area contributed by atoms with Crippen molar-refractivity contribution in [2.75, 3.05) is 19.5 Å². The minimum Gasteiger partial charge on any atom is -0.488 e. The van der Waals surface area contributed by atoms with Crippen molar-refractivity contribution < 1.29 is 18.3 Å². The van der Waals surface area contributed by atoms with E-state index in [1.807, 2.05) is 13.8 Å². The van der Waals surface area contributed by atoms with Gasteiger partial charge in [0.2, 0.25) is 5.82 Å². The van der Waals surface area contributed by atoms with Gasteiger partial charge in [-0.1, -0.05) is 0 Å². The third-order valence-corrected chi connectivity index (χ3v) is 2.58. The number of halogens is 2. The first-order chi connectivity index (χ1) is 7.87. The monoisotopic (exact) mass is 245 g/mol. The van der Waals surface area contributed by atoms with Crippen molar-refractivity contribution >= 4 is 5.69 Å². The highest BCUT2D eigenvalue weighted by Gasteiger charge is 2.18. The fraction of sp³-hybridized carbons (Fsp3) is 0.500. The molecule has 0 radical (unpaired) electrons. The van der Waals surface area contributed by atoms with Gasteiger partial charge in [0.05, 0.1) is 17.9 Å². The fourth-order valence-electron chi connectivity index (χ4n) is 1.19. The molecule has 0 saturated heterocycles. The van der Waals surface area contributed by atoms with Gasteiger partial charge in [0.1, 0.15) is 0 Å². The molecule has 1 aromatic carbocycles. The van der Waals surface area contributed by atoms with Gasteiger partial charge in [0, 0.05) is 13.5 Å². The number of hydrogen-bond donors (Lipinski definition) is 1. The van der Waals surface area contributed by atoms with Gasteiger partial charge < -0.3 is 15.2 Å². The van der Waals surface area contributed by atoms with E-state index < -0.39 is 11.6 Å². The molecule has 0 aliphatic rings. The fourth-order valence-corrected chi connectivity index (χ4v) is 1.19. The molecule has 1 aromatic rings. The van der Waals surface area contributed by atoms with Crippen LogP contribution in [0.15, 0.2) is 12.1 Å². The summed E-state index contributed by atoms with van der Waals surface area (Å²) in [5.74, 6) is -2.27. The molecule has 3 nitrogen and oxygen atoms in total. The number of rotatable bonds is 5. The van der Waals surface area contributed by atoms with E-state index in [0.717, 1.165) is 6.07 Å². The largest absolute Gasteiger partial charge is 0.488 e. The second-order valence-corrected chi connectivity index (χ2v) is 4.34. The van der Waals surface area contributed by atoms with Crippen molar-refractivity contribution in [1.29, 1.82) is 0 Å². The highest BCUT2D eigenvalue weighted by atomic mass is 19.2. The van der Waals surface area contributed by atoms with Gasteiger partial charge in [-0.05, 0) is 26.0 Å². The average molecular weight is 245 g/mol. The van der Waals surface area contributed by atoms with Crippen molar-refractivity contribution in [3.8, 4) is 5.75 Å². The molecule has 0 amide bonds. The number of nitrogen functional groups attached to an aromatic ring is 1. The predicted molar refractivity (Wildman–Crippen MR) is 62.0 cm³/mol. The van der Waals surface area contributed by atoms with Crippen LogP contribution in [-0.2, 0) is 4.74 Å². The van der Waals surface area contributed by atoms with E-state index in [2.05, 4.69) is 0 Å². The van der Waals surface area contributed by atoms with Crippen LogP contribution in [0.25, 0.3) is 0 Å². The van der Waals surface area contributed by atoms with E-state index in [0.29, 0.717) is 6.42 Å². The lowest BCUT2D eigenvalue weighted by Gasteiger charge is -2.22. The summed E-state index contributed by atoms with van der Waals surface area (Å²) in [6.07, 6.45) is 0.541. The zero-order valence-electron chi connectivity index (χ0n) is 10.2. The molecule has 0 saturated carbocycles. The molecule has 0 aromatic heterocycles. The molecule has 0 aliphatic carbocycles. The molecule has 0 unspecified atom stereocenters. The first-order valence-corrected chi connectivity index (χ1v) is 5.29. The molecule has 2 N–H and O–H groups in total. The Morgan fingerprint density at radius 2 is 1.94 bits per heavy atom. The predicted octanol–water partition coefficient (Wildman–Crippen LogP) is 2.74. The summed E-state index contributed by atoms with van der Waals surface area (Å²) in [5, 5.41) is 0. The summed E-state index contributed by atoms with van der Waals surface area (Å²) in [5.41, 5.74) is 5.22. The molecule has 5 heteroatoms. The van der Waals surface area contributed by atoms with Crippen molar-refractivity contribution in [3.63, 3.8) is 0 Å². The number of anilines is 1. The van der Waals surface area contributed by atoms with E-state index in [1.54, 1.807) is 7.11 Å². The van der Waals surface area contributed by atoms with Gasteiger partial charge in [0.15, 0.2) is 11.6 Å². The summed E-state index contributed by atoms with van der Waals surface area (Å²) in [7, 11) is 1.58. The van der Waals surface area contributed by atoms with E-state index in [4.69, 9.17) is 15.2 Å². The Hall–Kier alpha value is -1.36. The molecule has 0 heterocycles. The van der Waals surface area contributed by atoms with E-state index in [-0.39, 0.29) is 23.6 Å². The van der Waals surface area contributed by atoms with Crippen molar-refractivity contribution in [2.24, 2.45) is 0 Å². The maximum absolute atomic E-state index is 13.4. The number of nitrogens with two attached hydrogens (primary N) is 1. The Kier molecular flexibility index (Phi) is 4.28. The average Bonchev–Trinajstić information content (AvgIpc) is 2.28. The number of benzene rings is 1. The van der Waals surface area contributed by atoms with Crippen LogP contribution in [0.1, 0.15) is 20.3 Å². The van der Waals surface area contributed by atoms with Crippen molar-refractivity contribution in [1.82, 2.24) is 0 Å². The smallest absolute Gasteiger partial charge is 0.202 e. The normalized spacial score (nSPS) is 11.6. The minimum atomic E-state index is -1.06. The molecular weight excluding hydrogens is 228 g/mol. The van der Waals surface area contributed by atoms with Gasteiger partial charge in [0.25, 0.3) is 0 Å². The SMILES string of the molecule is COC(C)(C)CCOc1c(N)ccc(F)c1F. The zero-order valence-corrected chi connectivity index (χ0v) is 10.2. The molecule has 17 heavy (non-hydrogen) atoms. The van der Waals surface area contributed by atoms with Gasteiger partial charge in [-0.25, -0.2) is 4.39 Å². The van der Waals surface area contributed by atoms with Crippen molar-refractivity contribution in [2.45, 2.75) is 25.9 Å². The van der Waals surface area contributed by atoms with Crippen LogP contribution < -0.4 is 10.5 Å². The van der Waals surface area contributed by atoms with Gasteiger partial charge >= 0.3 is 0 Å². The second kappa shape index (κ2) is 5.31. The first-order valence-electron chi connectivity index (χ1n) is 5.29. The van der Waals surface area contributed by atoms with E-state index in [9.17, 15) is 8.78 Å². The highest BCUT2D eigenvalue weighted by Crippen LogP contribution is 2.27. The van der Waals surface area contributed by atoms with E-state index >= 15 is 0 Å². The van der Waals surface area contributed by atoms with Crippen LogP contribution in [0.2, 0.25) is 0 Å². The van der Waals surface area contributed by atoms with Crippen LogP contribution >= 0.6 is 0 Å². The topological polar surface area (TPSA) is 44.5 Å². The van der Waals surface area contributed by atoms with E-state index in [1.165, 1.54) is 6.07 Å². The van der Waals surface area contributed by atoms with Crippen LogP contribution in [-0.4, -0.2) is 19.3 Å². The Labute approximate surface area is 99.5 Å². The number of hydrogen-bond acceptors (Lipinski definition) is 3. The van der Waals surface area contributed by atoms with Gasteiger partial charge in [-0.3, -0.25) is 0 Å². The number of methoxy groups -OCH3 is 1. The summed E-state index contributed by atoms with van der Waals surface area (Å²) < 4.78 is 36.7. The summed E-state index contributed by atoms with van der Waals surface area (Å²) in [6.45, 7) is 3.95. The quantitative estimate of drug-likeness (QED) is 0.811. The first kappa shape index (κ1) is 13.7. The second-order valence-electron chi connectivity index (χ2n) is 4.34. The maximum atomic E-state index is 13.4. The Bertz CT molecular complexity index is 394. The lowest BCUT2D eigenvalue weighted by molar-refractivity contribution is 0.00516. The van der Waals surface area contributed by atoms with Gasteiger partial charge in [-0.2, -0.15) is 4.39 Å². The molecule has 0 atom stereocenters. The Morgan fingerprint density at radius 1 is 1.29 bits per heavy atom. The van der Waals surface area contributed by atoms with Crippen LogP contribution in [0.5, 0.6) is 5.75 Å². The third kappa shape index (κ3) is 3.56. The third-order valence-electron chi connectivity index (χ3n) is 2.58. The molecular formula is C12H17F2NO2. The number of ether oxygens (including phenoxy) is 2. The van der Waals surface area contributed by atoms with Crippen LogP contribution in [0.3, 0.4) is 0 Å². The van der Waals surface area contributed by atoms with Crippen LogP contribution in [0.4, 0.5) is 14.5 Å². The Morgan fingerprint density at radius 3 is 2.53 bits per heavy atom. The standard InChI is InChI=1S/C12H17F2NO2/c1-12(2,16-3)6-7-17-11-9(15)5-4-8(13)10(11)14/h4-5H,6-7,15H2,1-3H3. The minimum absolute atomic E-state index is 0.0825. The molecule has 96 valence electrons. The van der Waals surface area contributed by atoms with Crippen LogP contribution in [0, 0.1) is 11.6 Å². The molecule has 0 bridgehead atoms. The summed E-state index contributed by atoms with van der Waals surface area (Å²) in [6, 6.07) is 2.24.